The molecule has 1 rings (SSSR count). The molecule has 0 radical (unpaired) electrons. The summed E-state index contributed by atoms with van der Waals surface area (Å²) >= 11 is 0. The zero-order valence-electron chi connectivity index (χ0n) is 18.1. The van der Waals surface area contributed by atoms with Crippen LogP contribution < -0.4 is 11.1 Å². The summed E-state index contributed by atoms with van der Waals surface area (Å²) in [5.41, 5.74) is 6.59. The molecule has 0 aliphatic rings. The smallest absolute Gasteiger partial charge is 0.335 e. The molecule has 1 atom stereocenters. The molecule has 3 N–H and O–H groups in total. The summed E-state index contributed by atoms with van der Waals surface area (Å²) in [6.45, 7) is 7.80. The van der Waals surface area contributed by atoms with Crippen LogP contribution >= 0.6 is 7.60 Å². The Labute approximate surface area is 179 Å². The van der Waals surface area contributed by atoms with E-state index in [9.17, 15) is 14.2 Å². The van der Waals surface area contributed by atoms with E-state index >= 15 is 0 Å². The lowest BCUT2D eigenvalue weighted by Gasteiger charge is -2.17. The van der Waals surface area contributed by atoms with Gasteiger partial charge in [-0.25, -0.2) is 0 Å². The number of rotatable bonds is 16. The van der Waals surface area contributed by atoms with Crippen molar-refractivity contribution < 1.29 is 23.2 Å². The van der Waals surface area contributed by atoms with Gasteiger partial charge in [0.25, 0.3) is 5.91 Å². The van der Waals surface area contributed by atoms with E-state index in [1.165, 1.54) is 0 Å². The molecular formula is C22H35N2O5P. The molecule has 1 aromatic carbocycles. The van der Waals surface area contributed by atoms with Crippen molar-refractivity contribution >= 4 is 19.4 Å². The number of nitrogens with two attached hydrogens (primary N) is 1. The van der Waals surface area contributed by atoms with E-state index in [-0.39, 0.29) is 12.1 Å². The molecule has 0 aromatic heterocycles. The molecule has 0 aliphatic carbocycles. The zero-order valence-corrected chi connectivity index (χ0v) is 19.0. The Balaban J connectivity index is 2.63. The second-order valence-electron chi connectivity index (χ2n) is 7.01. The number of primary amides is 1. The standard InChI is InChI=1S/C22H35N2O5P/c1-4-7-8-9-10-11-12-20(21(23)25)24-22(26)19-15-13-18(14-16-19)17-30(27,28-5-2)29-6-3/h4,13-16,20H,1,5-12,17H2,2-3H3,(H2,23,25)(H,24,26)/t20-/m1/s1. The number of carbonyl (C=O) groups excluding carboxylic acids is 2. The Morgan fingerprint density at radius 3 is 2.23 bits per heavy atom. The minimum absolute atomic E-state index is 0.131. The number of unbranched alkanes of at least 4 members (excludes halogenated alkanes) is 4. The predicted molar refractivity (Wildman–Crippen MR) is 119 cm³/mol. The Bertz CT molecular complexity index is 711. The lowest BCUT2D eigenvalue weighted by atomic mass is 10.0. The summed E-state index contributed by atoms with van der Waals surface area (Å²) in [6, 6.07) is 5.96. The van der Waals surface area contributed by atoms with Gasteiger partial charge in [-0.2, -0.15) is 0 Å². The second-order valence-corrected chi connectivity index (χ2v) is 9.06. The van der Waals surface area contributed by atoms with E-state index < -0.39 is 19.5 Å². The van der Waals surface area contributed by atoms with Crippen molar-refractivity contribution in [3.8, 4) is 0 Å². The molecule has 2 amide bonds. The fourth-order valence-electron chi connectivity index (χ4n) is 3.02. The van der Waals surface area contributed by atoms with Crippen LogP contribution in [0.3, 0.4) is 0 Å². The van der Waals surface area contributed by atoms with Crippen molar-refractivity contribution in [2.24, 2.45) is 5.73 Å². The van der Waals surface area contributed by atoms with Crippen LogP contribution in [0.5, 0.6) is 0 Å². The minimum Gasteiger partial charge on any atom is -0.368 e. The Morgan fingerprint density at radius 2 is 1.70 bits per heavy atom. The average Bonchev–Trinajstić information content (AvgIpc) is 2.70. The van der Waals surface area contributed by atoms with Gasteiger partial charge in [0.05, 0.1) is 19.4 Å². The van der Waals surface area contributed by atoms with E-state index in [1.54, 1.807) is 38.1 Å². The van der Waals surface area contributed by atoms with Crippen molar-refractivity contribution in [3.63, 3.8) is 0 Å². The fourth-order valence-corrected chi connectivity index (χ4v) is 4.73. The summed E-state index contributed by atoms with van der Waals surface area (Å²) in [6.07, 6.45) is 7.44. The van der Waals surface area contributed by atoms with Crippen LogP contribution in [-0.2, 0) is 24.6 Å². The normalized spacial score (nSPS) is 12.3. The molecule has 1 aromatic rings. The number of hydrogen-bond donors (Lipinski definition) is 2. The Kier molecular flexibility index (Phi) is 12.3. The van der Waals surface area contributed by atoms with Crippen LogP contribution in [-0.4, -0.2) is 31.1 Å². The molecule has 0 saturated carbocycles. The topological polar surface area (TPSA) is 108 Å². The van der Waals surface area contributed by atoms with E-state index in [2.05, 4.69) is 11.9 Å². The monoisotopic (exact) mass is 438 g/mol. The van der Waals surface area contributed by atoms with Gasteiger partial charge in [0, 0.05) is 5.56 Å². The van der Waals surface area contributed by atoms with E-state index in [0.717, 1.165) is 37.7 Å². The van der Waals surface area contributed by atoms with Gasteiger partial charge in [-0.3, -0.25) is 14.2 Å². The van der Waals surface area contributed by atoms with E-state index in [1.807, 2.05) is 6.08 Å². The number of benzene rings is 1. The first-order chi connectivity index (χ1) is 14.3. The first-order valence-corrected chi connectivity index (χ1v) is 12.3. The second kappa shape index (κ2) is 14.1. The van der Waals surface area contributed by atoms with Crippen molar-refractivity contribution in [1.82, 2.24) is 5.32 Å². The van der Waals surface area contributed by atoms with Gasteiger partial charge in [0.1, 0.15) is 6.04 Å². The highest BCUT2D eigenvalue weighted by Crippen LogP contribution is 2.51. The van der Waals surface area contributed by atoms with Crippen molar-refractivity contribution in [1.29, 1.82) is 0 Å². The van der Waals surface area contributed by atoms with Gasteiger partial charge in [0.15, 0.2) is 0 Å². The van der Waals surface area contributed by atoms with Gasteiger partial charge in [-0.1, -0.05) is 37.5 Å². The lowest BCUT2D eigenvalue weighted by molar-refractivity contribution is -0.120. The minimum atomic E-state index is -3.21. The molecule has 168 valence electrons. The van der Waals surface area contributed by atoms with Crippen LogP contribution in [0.2, 0.25) is 0 Å². The average molecular weight is 439 g/mol. The largest absolute Gasteiger partial charge is 0.368 e. The fraction of sp³-hybridized carbons (Fsp3) is 0.545. The van der Waals surface area contributed by atoms with Crippen LogP contribution in [0.15, 0.2) is 36.9 Å². The van der Waals surface area contributed by atoms with Crippen LogP contribution in [0, 0.1) is 0 Å². The summed E-state index contributed by atoms with van der Waals surface area (Å²) in [7, 11) is -3.21. The SMILES string of the molecule is C=CCCCCCC[C@@H](NC(=O)c1ccc(CP(=O)(OCC)OCC)cc1)C(N)=O. The zero-order chi connectivity index (χ0) is 22.4. The third-order valence-electron chi connectivity index (χ3n) is 4.54. The summed E-state index contributed by atoms with van der Waals surface area (Å²) in [5.74, 6) is -0.907. The summed E-state index contributed by atoms with van der Waals surface area (Å²) in [4.78, 5) is 24.2. The predicted octanol–water partition coefficient (Wildman–Crippen LogP) is 4.56. The van der Waals surface area contributed by atoms with Crippen LogP contribution in [0.25, 0.3) is 0 Å². The third kappa shape index (κ3) is 9.70. The molecule has 0 unspecified atom stereocenters. The first kappa shape index (κ1) is 26.1. The summed E-state index contributed by atoms with van der Waals surface area (Å²) in [5, 5.41) is 2.71. The van der Waals surface area contributed by atoms with Crippen molar-refractivity contribution in [2.75, 3.05) is 13.2 Å². The molecule has 8 heteroatoms. The molecule has 0 aliphatic heterocycles. The highest BCUT2D eigenvalue weighted by molar-refractivity contribution is 7.53. The number of amides is 2. The molecule has 0 bridgehead atoms. The number of hydrogen-bond acceptors (Lipinski definition) is 5. The third-order valence-corrected chi connectivity index (χ3v) is 6.60. The molecule has 0 spiro atoms. The maximum Gasteiger partial charge on any atom is 0.335 e. The van der Waals surface area contributed by atoms with Gasteiger partial charge >= 0.3 is 7.60 Å². The van der Waals surface area contributed by atoms with Crippen molar-refractivity contribution in [2.45, 2.75) is 64.6 Å². The maximum absolute atomic E-state index is 12.6. The van der Waals surface area contributed by atoms with E-state index in [0.29, 0.717) is 25.2 Å². The summed E-state index contributed by atoms with van der Waals surface area (Å²) < 4.78 is 23.2. The van der Waals surface area contributed by atoms with Crippen LogP contribution in [0.1, 0.15) is 68.3 Å². The number of nitrogens with one attached hydrogen (secondary N) is 1. The van der Waals surface area contributed by atoms with E-state index in [4.69, 9.17) is 14.8 Å². The quantitative estimate of drug-likeness (QED) is 0.223. The van der Waals surface area contributed by atoms with Gasteiger partial charge in [-0.05, 0) is 50.8 Å². The Hall–Kier alpha value is -1.95. The molecule has 0 saturated heterocycles. The molecule has 7 nitrogen and oxygen atoms in total. The highest BCUT2D eigenvalue weighted by Gasteiger charge is 2.24. The molecule has 30 heavy (non-hydrogen) atoms. The molecule has 0 fully saturated rings. The highest BCUT2D eigenvalue weighted by atomic mass is 31.2. The number of allylic oxidation sites excluding steroid dienone is 1. The van der Waals surface area contributed by atoms with Crippen molar-refractivity contribution in [3.05, 3.63) is 48.0 Å². The maximum atomic E-state index is 12.6. The first-order valence-electron chi connectivity index (χ1n) is 10.5. The number of carbonyl (C=O) groups is 2. The molecule has 0 heterocycles. The molecular weight excluding hydrogens is 403 g/mol. The Morgan fingerprint density at radius 1 is 1.10 bits per heavy atom. The lowest BCUT2D eigenvalue weighted by Crippen LogP contribution is -2.44. The van der Waals surface area contributed by atoms with Gasteiger partial charge in [0.2, 0.25) is 5.91 Å². The van der Waals surface area contributed by atoms with Gasteiger partial charge < -0.3 is 20.1 Å². The van der Waals surface area contributed by atoms with Crippen LogP contribution in [0.4, 0.5) is 0 Å². The van der Waals surface area contributed by atoms with Gasteiger partial charge in [-0.15, -0.1) is 6.58 Å².